The van der Waals surface area contributed by atoms with Gasteiger partial charge in [-0.1, -0.05) is 30.8 Å². The number of rotatable bonds is 6. The molecular formula is C22H23N3O2S3. The predicted octanol–water partition coefficient (Wildman–Crippen LogP) is 5.41. The van der Waals surface area contributed by atoms with Crippen LogP contribution >= 0.6 is 34.4 Å². The summed E-state index contributed by atoms with van der Waals surface area (Å²) in [4.78, 5) is 25.3. The highest BCUT2D eigenvalue weighted by molar-refractivity contribution is 7.98. The fourth-order valence-corrected chi connectivity index (χ4v) is 7.15. The van der Waals surface area contributed by atoms with E-state index in [-0.39, 0.29) is 11.7 Å². The maximum absolute atomic E-state index is 13.5. The second-order valence-electron chi connectivity index (χ2n) is 7.48. The number of thioether (sulfide) groups is 1. The molecule has 0 radical (unpaired) electrons. The van der Waals surface area contributed by atoms with Crippen LogP contribution in [-0.2, 0) is 23.5 Å². The normalized spacial score (nSPS) is 16.8. The van der Waals surface area contributed by atoms with E-state index in [0.717, 1.165) is 57.3 Å². The highest BCUT2D eigenvalue weighted by Gasteiger charge is 2.23. The van der Waals surface area contributed by atoms with Crippen molar-refractivity contribution < 1.29 is 4.74 Å². The zero-order valence-corrected chi connectivity index (χ0v) is 19.5. The maximum Gasteiger partial charge on any atom is 0.263 e. The Balaban J connectivity index is 1.53. The summed E-state index contributed by atoms with van der Waals surface area (Å²) in [6, 6.07) is 8.19. The molecule has 1 saturated heterocycles. The molecule has 0 spiro atoms. The highest BCUT2D eigenvalue weighted by atomic mass is 32.2. The second kappa shape index (κ2) is 8.42. The predicted molar refractivity (Wildman–Crippen MR) is 126 cm³/mol. The van der Waals surface area contributed by atoms with Gasteiger partial charge in [-0.15, -0.1) is 22.7 Å². The number of aryl methyl sites for hydroxylation is 2. The lowest BCUT2D eigenvalue weighted by Gasteiger charge is -2.15. The highest BCUT2D eigenvalue weighted by Crippen LogP contribution is 2.32. The Hall–Kier alpha value is -1.74. The van der Waals surface area contributed by atoms with Gasteiger partial charge in [0.2, 0.25) is 0 Å². The van der Waals surface area contributed by atoms with E-state index >= 15 is 0 Å². The fourth-order valence-electron chi connectivity index (χ4n) is 4.03. The number of nitrogens with zero attached hydrogens (tertiary/aromatic N) is 3. The van der Waals surface area contributed by atoms with Crippen molar-refractivity contribution in [2.45, 2.75) is 56.7 Å². The third-order valence-corrected chi connectivity index (χ3v) is 8.75. The molecule has 0 bridgehead atoms. The monoisotopic (exact) mass is 457 g/mol. The summed E-state index contributed by atoms with van der Waals surface area (Å²) in [6.07, 6.45) is 2.99. The molecule has 5 rings (SSSR count). The van der Waals surface area contributed by atoms with Crippen LogP contribution in [0.2, 0.25) is 0 Å². The van der Waals surface area contributed by atoms with Crippen molar-refractivity contribution >= 4 is 54.9 Å². The number of aromatic nitrogens is 3. The van der Waals surface area contributed by atoms with Crippen LogP contribution in [0.15, 0.2) is 34.2 Å². The molecule has 4 aromatic rings. The second-order valence-corrected chi connectivity index (χ2v) is 10.7. The topological polar surface area (TPSA) is 57.0 Å². The van der Waals surface area contributed by atoms with E-state index in [1.54, 1.807) is 34.4 Å². The molecule has 5 nitrogen and oxygen atoms in total. The first-order valence-corrected chi connectivity index (χ1v) is 12.9. The minimum atomic E-state index is 0.0727. The van der Waals surface area contributed by atoms with Crippen LogP contribution in [0.3, 0.4) is 0 Å². The summed E-state index contributed by atoms with van der Waals surface area (Å²) in [5.74, 6) is 0.702. The van der Waals surface area contributed by atoms with Crippen molar-refractivity contribution in [1.29, 1.82) is 0 Å². The van der Waals surface area contributed by atoms with E-state index in [2.05, 4.69) is 19.9 Å². The molecule has 1 aliphatic heterocycles. The van der Waals surface area contributed by atoms with E-state index in [4.69, 9.17) is 14.7 Å². The number of para-hydroxylation sites is 1. The van der Waals surface area contributed by atoms with Gasteiger partial charge in [-0.05, 0) is 43.9 Å². The van der Waals surface area contributed by atoms with Gasteiger partial charge in [-0.25, -0.2) is 9.97 Å². The molecule has 0 aliphatic carbocycles. The number of thiophene rings is 1. The van der Waals surface area contributed by atoms with Gasteiger partial charge in [0.15, 0.2) is 5.16 Å². The lowest BCUT2D eigenvalue weighted by atomic mass is 10.1. The maximum atomic E-state index is 13.5. The SMILES string of the molecule is CCc1c(C)sc2nc(SCc3nc4ccccc4s3)n(C[C@@H]3CCCO3)c(=O)c12. The summed E-state index contributed by atoms with van der Waals surface area (Å²) in [5.41, 5.74) is 2.24. The molecule has 0 N–H and O–H groups in total. The number of thiazole rings is 1. The number of fused-ring (bicyclic) bond motifs is 2. The Bertz CT molecular complexity index is 1240. The summed E-state index contributed by atoms with van der Waals surface area (Å²) >= 11 is 4.93. The molecule has 1 aromatic carbocycles. The van der Waals surface area contributed by atoms with Gasteiger partial charge >= 0.3 is 0 Å². The van der Waals surface area contributed by atoms with Crippen molar-refractivity contribution in [1.82, 2.24) is 14.5 Å². The molecule has 1 atom stereocenters. The van der Waals surface area contributed by atoms with Crippen molar-refractivity contribution in [2.24, 2.45) is 0 Å². The van der Waals surface area contributed by atoms with Gasteiger partial charge < -0.3 is 4.74 Å². The van der Waals surface area contributed by atoms with Crippen LogP contribution in [0.5, 0.6) is 0 Å². The zero-order chi connectivity index (χ0) is 20.7. The minimum absolute atomic E-state index is 0.0727. The van der Waals surface area contributed by atoms with Crippen LogP contribution in [0.4, 0.5) is 0 Å². The van der Waals surface area contributed by atoms with E-state index in [1.807, 2.05) is 22.8 Å². The molecule has 156 valence electrons. The first kappa shape index (κ1) is 20.2. The number of ether oxygens (including phenoxy) is 1. The van der Waals surface area contributed by atoms with Crippen LogP contribution in [0.25, 0.3) is 20.4 Å². The number of benzene rings is 1. The van der Waals surface area contributed by atoms with Crippen molar-refractivity contribution in [3.8, 4) is 0 Å². The van der Waals surface area contributed by atoms with Crippen molar-refractivity contribution in [3.63, 3.8) is 0 Å². The van der Waals surface area contributed by atoms with Gasteiger partial charge in [0, 0.05) is 11.5 Å². The summed E-state index contributed by atoms with van der Waals surface area (Å²) in [6.45, 7) is 5.54. The Labute approximate surface area is 187 Å². The standard InChI is InChI=1S/C22H23N3O2S3/c1-3-15-13(2)29-20-19(15)21(26)25(11-14-7-6-10-27-14)22(24-20)28-12-18-23-16-8-4-5-9-17(16)30-18/h4-5,8-9,14H,3,6-7,10-12H2,1-2H3/t14-/m0/s1. The third kappa shape index (κ3) is 3.70. The summed E-state index contributed by atoms with van der Waals surface area (Å²) in [7, 11) is 0. The molecule has 0 saturated carbocycles. The molecule has 1 aliphatic rings. The molecule has 8 heteroatoms. The number of hydrogen-bond acceptors (Lipinski definition) is 7. The molecule has 4 heterocycles. The minimum Gasteiger partial charge on any atom is -0.376 e. The Morgan fingerprint density at radius 3 is 2.90 bits per heavy atom. The molecule has 0 amide bonds. The van der Waals surface area contributed by atoms with E-state index in [1.165, 1.54) is 9.58 Å². The van der Waals surface area contributed by atoms with Crippen LogP contribution in [-0.4, -0.2) is 27.2 Å². The van der Waals surface area contributed by atoms with E-state index < -0.39 is 0 Å². The van der Waals surface area contributed by atoms with Gasteiger partial charge in [-0.2, -0.15) is 0 Å². The number of hydrogen-bond donors (Lipinski definition) is 0. The van der Waals surface area contributed by atoms with Crippen molar-refractivity contribution in [3.05, 3.63) is 50.1 Å². The molecule has 3 aromatic heterocycles. The van der Waals surface area contributed by atoms with E-state index in [9.17, 15) is 4.79 Å². The molecule has 0 unspecified atom stereocenters. The van der Waals surface area contributed by atoms with Crippen LogP contribution < -0.4 is 5.56 Å². The Morgan fingerprint density at radius 2 is 2.13 bits per heavy atom. The lowest BCUT2D eigenvalue weighted by Crippen LogP contribution is -2.28. The summed E-state index contributed by atoms with van der Waals surface area (Å²) in [5, 5.41) is 2.62. The average Bonchev–Trinajstić information content (AvgIpc) is 3.46. The van der Waals surface area contributed by atoms with Crippen molar-refractivity contribution in [2.75, 3.05) is 6.61 Å². The first-order chi connectivity index (χ1) is 14.6. The van der Waals surface area contributed by atoms with Gasteiger partial charge in [-0.3, -0.25) is 9.36 Å². The van der Waals surface area contributed by atoms with Gasteiger partial charge in [0.25, 0.3) is 5.56 Å². The molecule has 1 fully saturated rings. The third-order valence-electron chi connectivity index (χ3n) is 5.50. The molecular weight excluding hydrogens is 434 g/mol. The Kier molecular flexibility index (Phi) is 5.66. The molecule has 30 heavy (non-hydrogen) atoms. The zero-order valence-electron chi connectivity index (χ0n) is 17.0. The lowest BCUT2D eigenvalue weighted by molar-refractivity contribution is 0.0937. The Morgan fingerprint density at radius 1 is 1.27 bits per heavy atom. The quantitative estimate of drug-likeness (QED) is 0.286. The largest absolute Gasteiger partial charge is 0.376 e. The van der Waals surface area contributed by atoms with Crippen LogP contribution in [0, 0.1) is 6.92 Å². The average molecular weight is 458 g/mol. The smallest absolute Gasteiger partial charge is 0.263 e. The van der Waals surface area contributed by atoms with Crippen LogP contribution in [0.1, 0.15) is 35.2 Å². The fraction of sp³-hybridized carbons (Fsp3) is 0.409. The first-order valence-electron chi connectivity index (χ1n) is 10.3. The summed E-state index contributed by atoms with van der Waals surface area (Å²) < 4.78 is 8.88. The van der Waals surface area contributed by atoms with Gasteiger partial charge in [0.1, 0.15) is 9.84 Å². The van der Waals surface area contributed by atoms with E-state index in [0.29, 0.717) is 12.3 Å². The van der Waals surface area contributed by atoms with Gasteiger partial charge in [0.05, 0.1) is 34.0 Å².